The molecule has 0 heterocycles. The lowest BCUT2D eigenvalue weighted by atomic mass is 10.00. The Morgan fingerprint density at radius 3 is 1.12 bits per heavy atom. The Morgan fingerprint density at radius 2 is 0.829 bits per heavy atom. The van der Waals surface area contributed by atoms with Gasteiger partial charge in [0.25, 0.3) is 0 Å². The molecule has 1 N–H and O–H groups in total. The van der Waals surface area contributed by atoms with E-state index in [2.05, 4.69) is 24.3 Å². The summed E-state index contributed by atoms with van der Waals surface area (Å²) in [5.41, 5.74) is 7.84. The maximum absolute atomic E-state index is 13.1. The maximum Gasteiger partial charge on any atom is 0.584 e. The largest absolute Gasteiger partial charge is 0.584 e. The molecule has 0 bridgehead atoms. The topological polar surface area (TPSA) is 74.2 Å². The van der Waals surface area contributed by atoms with E-state index < -0.39 is 7.82 Å². The monoisotopic (exact) mass is 574 g/mol. The quantitative estimate of drug-likeness (QED) is 0.173. The average molecular weight is 575 g/mol. The molecule has 41 heavy (non-hydrogen) atoms. The average Bonchev–Trinajstić information content (AvgIpc) is 2.95. The molecule has 0 unspecified atom stereocenters. The van der Waals surface area contributed by atoms with Crippen LogP contribution in [0.3, 0.4) is 0 Å². The molecule has 0 fully saturated rings. The molecule has 0 saturated heterocycles. The normalized spacial score (nSPS) is 11.3. The van der Waals surface area contributed by atoms with Gasteiger partial charge in [-0.15, -0.1) is 0 Å². The third-order valence-corrected chi connectivity index (χ3v) is 8.00. The molecule has 0 atom stereocenters. The van der Waals surface area contributed by atoms with E-state index in [1.165, 1.54) is 11.1 Å². The molecule has 0 radical (unpaired) electrons. The fourth-order valence-corrected chi connectivity index (χ4v) is 6.14. The van der Waals surface area contributed by atoms with E-state index in [9.17, 15) is 9.46 Å². The van der Waals surface area contributed by atoms with Crippen LogP contribution < -0.4 is 18.5 Å². The minimum atomic E-state index is -4.44. The van der Waals surface area contributed by atoms with Crippen LogP contribution in [-0.4, -0.2) is 19.1 Å². The number of rotatable bonds is 12. The number of benzene rings is 4. The van der Waals surface area contributed by atoms with Crippen LogP contribution in [-0.2, 0) is 30.2 Å². The highest BCUT2D eigenvalue weighted by Gasteiger charge is 2.28. The summed E-state index contributed by atoms with van der Waals surface area (Å²) in [7, 11) is -1.12. The van der Waals surface area contributed by atoms with Crippen LogP contribution >= 0.6 is 7.82 Å². The minimum Gasteiger partial charge on any atom is -0.497 e. The molecule has 0 amide bonds. The molecular weight excluding hydrogens is 535 g/mol. The summed E-state index contributed by atoms with van der Waals surface area (Å²) in [5, 5.41) is 0. The molecule has 0 aromatic heterocycles. The van der Waals surface area contributed by atoms with Crippen molar-refractivity contribution in [1.29, 1.82) is 0 Å². The Bertz CT molecular complexity index is 1370. The first-order chi connectivity index (χ1) is 19.6. The maximum atomic E-state index is 13.1. The highest BCUT2D eigenvalue weighted by atomic mass is 31.2. The van der Waals surface area contributed by atoms with Gasteiger partial charge in [-0.05, 0) is 122 Å². The van der Waals surface area contributed by atoms with E-state index in [-0.39, 0.29) is 0 Å². The zero-order valence-corrected chi connectivity index (χ0v) is 25.6. The zero-order valence-electron chi connectivity index (χ0n) is 24.7. The smallest absolute Gasteiger partial charge is 0.497 e. The van der Waals surface area contributed by atoms with Gasteiger partial charge in [-0.1, -0.05) is 48.5 Å². The first kappa shape index (κ1) is 30.2. The summed E-state index contributed by atoms with van der Waals surface area (Å²) in [5.74, 6) is 2.41. The van der Waals surface area contributed by atoms with E-state index in [0.717, 1.165) is 70.6 Å². The standard InChI is InChI=1S/C34H39O6P/c1-23-19-29(9-7-27-11-15-31(37-5)16-12-27)20-24(2)33(23)39-41(35,36)40-34-25(3)21-30(22-26(34)4)10-8-28-13-17-32(38-6)18-14-28/h11-22H,7-10H2,1-6H3,(H,35,36). The predicted octanol–water partition coefficient (Wildman–Crippen LogP) is 8.07. The first-order valence-corrected chi connectivity index (χ1v) is 15.2. The number of hydrogen-bond donors (Lipinski definition) is 1. The van der Waals surface area contributed by atoms with Crippen molar-refractivity contribution >= 4 is 7.82 Å². The van der Waals surface area contributed by atoms with Gasteiger partial charge in [-0.2, -0.15) is 0 Å². The van der Waals surface area contributed by atoms with Crippen LogP contribution in [0.25, 0.3) is 0 Å². The van der Waals surface area contributed by atoms with Crippen molar-refractivity contribution in [3.05, 3.63) is 117 Å². The number of phosphoric acid groups is 1. The molecule has 0 spiro atoms. The Labute approximate surface area is 243 Å². The molecule has 7 heteroatoms. The van der Waals surface area contributed by atoms with Crippen molar-refractivity contribution in [2.24, 2.45) is 0 Å². The van der Waals surface area contributed by atoms with Crippen LogP contribution in [0.2, 0.25) is 0 Å². The second-order valence-electron chi connectivity index (χ2n) is 10.5. The Kier molecular flexibility index (Phi) is 9.80. The van der Waals surface area contributed by atoms with Gasteiger partial charge in [0, 0.05) is 0 Å². The van der Waals surface area contributed by atoms with Crippen molar-refractivity contribution < 1.29 is 28.0 Å². The van der Waals surface area contributed by atoms with Gasteiger partial charge in [-0.25, -0.2) is 4.57 Å². The zero-order chi connectivity index (χ0) is 29.6. The van der Waals surface area contributed by atoms with Gasteiger partial charge < -0.3 is 18.5 Å². The van der Waals surface area contributed by atoms with Crippen molar-refractivity contribution in [2.45, 2.75) is 53.4 Å². The summed E-state index contributed by atoms with van der Waals surface area (Å²) in [6.07, 6.45) is 3.42. The van der Waals surface area contributed by atoms with Gasteiger partial charge in [0.2, 0.25) is 0 Å². The lowest BCUT2D eigenvalue weighted by Gasteiger charge is -2.20. The molecule has 216 valence electrons. The van der Waals surface area contributed by atoms with E-state index in [1.807, 2.05) is 76.2 Å². The first-order valence-electron chi connectivity index (χ1n) is 13.7. The van der Waals surface area contributed by atoms with E-state index in [1.54, 1.807) is 14.2 Å². The van der Waals surface area contributed by atoms with E-state index in [4.69, 9.17) is 18.5 Å². The Balaban J connectivity index is 1.40. The van der Waals surface area contributed by atoms with Crippen molar-refractivity contribution in [2.75, 3.05) is 14.2 Å². The van der Waals surface area contributed by atoms with Gasteiger partial charge in [0.05, 0.1) is 14.2 Å². The third-order valence-electron chi connectivity index (χ3n) is 7.18. The van der Waals surface area contributed by atoms with Gasteiger partial charge in [0.15, 0.2) is 0 Å². The lowest BCUT2D eigenvalue weighted by Crippen LogP contribution is -2.05. The number of methoxy groups -OCH3 is 2. The number of phosphoric ester groups is 1. The number of aryl methyl sites for hydroxylation is 8. The van der Waals surface area contributed by atoms with Gasteiger partial charge in [-0.3, -0.25) is 4.89 Å². The molecule has 4 aromatic rings. The molecular formula is C34H39O6P. The Hall–Kier alpha value is -3.73. The van der Waals surface area contributed by atoms with Gasteiger partial charge in [0.1, 0.15) is 23.0 Å². The fourth-order valence-electron chi connectivity index (χ4n) is 5.07. The summed E-state index contributed by atoms with van der Waals surface area (Å²) in [6, 6.07) is 24.1. The number of ether oxygens (including phenoxy) is 2. The van der Waals surface area contributed by atoms with Crippen LogP contribution in [0.15, 0.2) is 72.8 Å². The molecule has 0 saturated carbocycles. The summed E-state index contributed by atoms with van der Waals surface area (Å²) in [6.45, 7) is 7.53. The van der Waals surface area contributed by atoms with E-state index >= 15 is 0 Å². The highest BCUT2D eigenvalue weighted by Crippen LogP contribution is 2.48. The summed E-state index contributed by atoms with van der Waals surface area (Å²) in [4.78, 5) is 10.7. The lowest BCUT2D eigenvalue weighted by molar-refractivity contribution is 0.288. The summed E-state index contributed by atoms with van der Waals surface area (Å²) < 4.78 is 34.9. The van der Waals surface area contributed by atoms with Crippen LogP contribution in [0.5, 0.6) is 23.0 Å². The van der Waals surface area contributed by atoms with Crippen molar-refractivity contribution in [1.82, 2.24) is 0 Å². The Morgan fingerprint density at radius 1 is 0.537 bits per heavy atom. The second kappa shape index (κ2) is 13.3. The van der Waals surface area contributed by atoms with Crippen molar-refractivity contribution in [3.8, 4) is 23.0 Å². The SMILES string of the molecule is COc1ccc(CCc2cc(C)c(OP(=O)(O)Oc3c(C)cc(CCc4ccc(OC)cc4)cc3C)c(C)c2)cc1. The highest BCUT2D eigenvalue weighted by molar-refractivity contribution is 7.48. The second-order valence-corrected chi connectivity index (χ2v) is 11.8. The minimum absolute atomic E-state index is 0.371. The van der Waals surface area contributed by atoms with Crippen LogP contribution in [0, 0.1) is 27.7 Å². The molecule has 6 nitrogen and oxygen atoms in total. The van der Waals surface area contributed by atoms with E-state index in [0.29, 0.717) is 11.5 Å². The molecule has 4 aromatic carbocycles. The fraction of sp³-hybridized carbons (Fsp3) is 0.294. The molecule has 0 aliphatic heterocycles. The number of hydrogen-bond acceptors (Lipinski definition) is 5. The predicted molar refractivity (Wildman–Crippen MR) is 164 cm³/mol. The molecule has 0 aliphatic rings. The van der Waals surface area contributed by atoms with Gasteiger partial charge >= 0.3 is 7.82 Å². The molecule has 4 rings (SSSR count). The third kappa shape index (κ3) is 8.16. The summed E-state index contributed by atoms with van der Waals surface area (Å²) >= 11 is 0. The van der Waals surface area contributed by atoms with Crippen LogP contribution in [0.4, 0.5) is 0 Å². The molecule has 0 aliphatic carbocycles. The van der Waals surface area contributed by atoms with Crippen LogP contribution in [0.1, 0.15) is 44.5 Å². The van der Waals surface area contributed by atoms with Crippen molar-refractivity contribution in [3.63, 3.8) is 0 Å².